The van der Waals surface area contributed by atoms with Crippen LogP contribution in [0.3, 0.4) is 0 Å². The van der Waals surface area contributed by atoms with Gasteiger partial charge in [0.25, 0.3) is 0 Å². The summed E-state index contributed by atoms with van der Waals surface area (Å²) < 4.78 is 41.8. The summed E-state index contributed by atoms with van der Waals surface area (Å²) in [4.78, 5) is 18.3. The number of nitrogens with zero attached hydrogens (tertiary/aromatic N) is 2. The van der Waals surface area contributed by atoms with Crippen molar-refractivity contribution in [3.8, 4) is 5.75 Å². The van der Waals surface area contributed by atoms with E-state index in [0.717, 1.165) is 6.42 Å². The van der Waals surface area contributed by atoms with Crippen LogP contribution in [0, 0.1) is 5.92 Å². The van der Waals surface area contributed by atoms with Crippen molar-refractivity contribution in [1.29, 1.82) is 0 Å². The van der Waals surface area contributed by atoms with Gasteiger partial charge in [0, 0.05) is 51.1 Å². The van der Waals surface area contributed by atoms with Gasteiger partial charge in [-0.2, -0.15) is 0 Å². The number of benzene rings is 2. The molecule has 1 saturated heterocycles. The molecule has 0 spiro atoms. The molecule has 0 aromatic heterocycles. The van der Waals surface area contributed by atoms with Gasteiger partial charge in [-0.3, -0.25) is 9.79 Å². The number of hydrogen-bond acceptors (Lipinski definition) is 3. The second-order valence-electron chi connectivity index (χ2n) is 7.61. The van der Waals surface area contributed by atoms with E-state index in [9.17, 15) is 18.0 Å². The second kappa shape index (κ2) is 12.7. The highest BCUT2D eigenvalue weighted by molar-refractivity contribution is 14.0. The van der Waals surface area contributed by atoms with Crippen LogP contribution >= 0.6 is 24.0 Å². The molecule has 2 aromatic rings. The molecule has 1 heterocycles. The van der Waals surface area contributed by atoms with Crippen molar-refractivity contribution in [1.82, 2.24) is 15.5 Å². The Morgan fingerprint density at radius 3 is 2.52 bits per heavy atom. The molecule has 0 saturated carbocycles. The summed E-state index contributed by atoms with van der Waals surface area (Å²) in [6.07, 6.45) is -3.48. The lowest BCUT2D eigenvalue weighted by atomic mass is 10.1. The molecule has 1 fully saturated rings. The van der Waals surface area contributed by atoms with E-state index >= 15 is 0 Å². The third-order valence-electron chi connectivity index (χ3n) is 5.23. The first-order valence-corrected chi connectivity index (χ1v) is 10.4. The van der Waals surface area contributed by atoms with Crippen LogP contribution in [0.4, 0.5) is 13.2 Å². The Bertz CT molecular complexity index is 925. The van der Waals surface area contributed by atoms with Gasteiger partial charge in [0.05, 0.1) is 0 Å². The van der Waals surface area contributed by atoms with Crippen LogP contribution in [-0.4, -0.2) is 49.8 Å². The molecule has 3 rings (SSSR count). The predicted octanol–water partition coefficient (Wildman–Crippen LogP) is 3.96. The fraction of sp³-hybridized carbons (Fsp3) is 0.391. The van der Waals surface area contributed by atoms with Crippen molar-refractivity contribution in [2.75, 3.05) is 26.7 Å². The SMILES string of the molecule is CN=C(NCc1ccccc1OC(F)(F)F)NCC1CC(=O)N(CCc2ccccc2)C1.I. The van der Waals surface area contributed by atoms with E-state index in [0.29, 0.717) is 37.6 Å². The average Bonchev–Trinajstić information content (AvgIpc) is 3.12. The Kier molecular flexibility index (Phi) is 10.3. The predicted molar refractivity (Wildman–Crippen MR) is 132 cm³/mol. The number of para-hydroxylation sites is 1. The van der Waals surface area contributed by atoms with Crippen LogP contribution in [0.2, 0.25) is 0 Å². The molecule has 1 atom stereocenters. The van der Waals surface area contributed by atoms with Crippen LogP contribution in [0.5, 0.6) is 5.75 Å². The third-order valence-corrected chi connectivity index (χ3v) is 5.23. The van der Waals surface area contributed by atoms with Crippen LogP contribution in [0.15, 0.2) is 59.6 Å². The molecule has 0 radical (unpaired) electrons. The highest BCUT2D eigenvalue weighted by atomic mass is 127. The first-order chi connectivity index (χ1) is 15.3. The number of carbonyl (C=O) groups excluding carboxylic acids is 1. The zero-order chi connectivity index (χ0) is 23.0. The fourth-order valence-corrected chi connectivity index (χ4v) is 3.63. The molecule has 33 heavy (non-hydrogen) atoms. The first-order valence-electron chi connectivity index (χ1n) is 10.4. The summed E-state index contributed by atoms with van der Waals surface area (Å²) in [6, 6.07) is 16.0. The van der Waals surface area contributed by atoms with E-state index in [-0.39, 0.29) is 48.1 Å². The van der Waals surface area contributed by atoms with Crippen molar-refractivity contribution in [2.45, 2.75) is 25.7 Å². The zero-order valence-electron chi connectivity index (χ0n) is 18.3. The summed E-state index contributed by atoms with van der Waals surface area (Å²) in [5.74, 6) is 0.465. The molecule has 2 N–H and O–H groups in total. The van der Waals surface area contributed by atoms with E-state index in [1.165, 1.54) is 17.7 Å². The number of halogens is 4. The van der Waals surface area contributed by atoms with Crippen LogP contribution in [0.1, 0.15) is 17.5 Å². The Balaban J connectivity index is 0.00000385. The Morgan fingerprint density at radius 2 is 1.82 bits per heavy atom. The largest absolute Gasteiger partial charge is 0.573 e. The minimum absolute atomic E-state index is 0. The lowest BCUT2D eigenvalue weighted by molar-refractivity contribution is -0.274. The highest BCUT2D eigenvalue weighted by Gasteiger charge is 2.32. The van der Waals surface area contributed by atoms with Crippen molar-refractivity contribution in [2.24, 2.45) is 10.9 Å². The molecule has 6 nitrogen and oxygen atoms in total. The zero-order valence-corrected chi connectivity index (χ0v) is 20.6. The van der Waals surface area contributed by atoms with Gasteiger partial charge >= 0.3 is 6.36 Å². The number of rotatable bonds is 8. The number of carbonyl (C=O) groups is 1. The standard InChI is InChI=1S/C23H27F3N4O2.HI/c1-27-22(29-15-19-9-5-6-10-20(19)32-23(24,25)26)28-14-18-13-21(31)30(16-18)12-11-17-7-3-2-4-8-17;/h2-10,18H,11-16H2,1H3,(H2,27,28,29);1H. The van der Waals surface area contributed by atoms with Crippen molar-refractivity contribution < 1.29 is 22.7 Å². The van der Waals surface area contributed by atoms with Gasteiger partial charge in [0.15, 0.2) is 5.96 Å². The Labute approximate surface area is 208 Å². The van der Waals surface area contributed by atoms with E-state index < -0.39 is 6.36 Å². The lowest BCUT2D eigenvalue weighted by Crippen LogP contribution is -2.40. The number of alkyl halides is 3. The highest BCUT2D eigenvalue weighted by Crippen LogP contribution is 2.26. The van der Waals surface area contributed by atoms with E-state index in [2.05, 4.69) is 20.4 Å². The number of ether oxygens (including phenoxy) is 1. The fourth-order valence-electron chi connectivity index (χ4n) is 3.63. The molecule has 0 aliphatic carbocycles. The van der Waals surface area contributed by atoms with E-state index in [1.807, 2.05) is 35.2 Å². The summed E-state index contributed by atoms with van der Waals surface area (Å²) in [6.45, 7) is 1.99. The van der Waals surface area contributed by atoms with Crippen molar-refractivity contribution >= 4 is 35.8 Å². The Morgan fingerprint density at radius 1 is 1.12 bits per heavy atom. The molecule has 1 aliphatic heterocycles. The van der Waals surface area contributed by atoms with Crippen LogP contribution in [-0.2, 0) is 17.8 Å². The van der Waals surface area contributed by atoms with Crippen LogP contribution in [0.25, 0.3) is 0 Å². The van der Waals surface area contributed by atoms with Gasteiger partial charge in [0.1, 0.15) is 5.75 Å². The Hall–Kier alpha value is -2.50. The summed E-state index contributed by atoms with van der Waals surface area (Å²) in [5, 5.41) is 6.16. The normalized spacial score (nSPS) is 16.4. The first kappa shape index (κ1) is 26.7. The maximum absolute atomic E-state index is 12.6. The number of likely N-dealkylation sites (tertiary alicyclic amines) is 1. The summed E-state index contributed by atoms with van der Waals surface area (Å²) in [5.41, 5.74) is 1.55. The smallest absolute Gasteiger partial charge is 0.405 e. The number of hydrogen-bond donors (Lipinski definition) is 2. The van der Waals surface area contributed by atoms with Crippen molar-refractivity contribution in [3.63, 3.8) is 0 Å². The third kappa shape index (κ3) is 8.75. The van der Waals surface area contributed by atoms with Gasteiger partial charge < -0.3 is 20.3 Å². The topological polar surface area (TPSA) is 66.0 Å². The molecule has 180 valence electrons. The molecular formula is C23H28F3IN4O2. The molecule has 1 unspecified atom stereocenters. The molecule has 1 aliphatic rings. The molecule has 1 amide bonds. The minimum atomic E-state index is -4.75. The monoisotopic (exact) mass is 576 g/mol. The number of nitrogens with one attached hydrogen (secondary N) is 2. The number of amides is 1. The minimum Gasteiger partial charge on any atom is -0.405 e. The van der Waals surface area contributed by atoms with Crippen LogP contribution < -0.4 is 15.4 Å². The van der Waals surface area contributed by atoms with Gasteiger partial charge in [-0.05, 0) is 18.1 Å². The molecule has 10 heteroatoms. The van der Waals surface area contributed by atoms with E-state index in [4.69, 9.17) is 0 Å². The number of guanidine groups is 1. The summed E-state index contributed by atoms with van der Waals surface area (Å²) >= 11 is 0. The van der Waals surface area contributed by atoms with Gasteiger partial charge in [0.2, 0.25) is 5.91 Å². The quantitative estimate of drug-likeness (QED) is 0.284. The molecule has 2 aromatic carbocycles. The average molecular weight is 576 g/mol. The van der Waals surface area contributed by atoms with Gasteiger partial charge in [-0.15, -0.1) is 37.1 Å². The van der Waals surface area contributed by atoms with Crippen molar-refractivity contribution in [3.05, 3.63) is 65.7 Å². The maximum Gasteiger partial charge on any atom is 0.573 e. The number of aliphatic imine (C=N–C) groups is 1. The van der Waals surface area contributed by atoms with Gasteiger partial charge in [-0.1, -0.05) is 48.5 Å². The second-order valence-corrected chi connectivity index (χ2v) is 7.61. The summed E-state index contributed by atoms with van der Waals surface area (Å²) in [7, 11) is 1.58. The maximum atomic E-state index is 12.6. The van der Waals surface area contributed by atoms with E-state index in [1.54, 1.807) is 19.2 Å². The molecule has 0 bridgehead atoms. The van der Waals surface area contributed by atoms with Gasteiger partial charge in [-0.25, -0.2) is 0 Å². The molecular weight excluding hydrogens is 548 g/mol. The lowest BCUT2D eigenvalue weighted by Gasteiger charge is -2.18.